The minimum atomic E-state index is -1.12. The molecule has 1 N–H and O–H groups in total. The van der Waals surface area contributed by atoms with Crippen molar-refractivity contribution in [3.8, 4) is 0 Å². The molecule has 0 unspecified atom stereocenters. The molecule has 0 aromatic rings. The predicted octanol–water partition coefficient (Wildman–Crippen LogP) is 1.19. The van der Waals surface area contributed by atoms with Crippen molar-refractivity contribution in [1.29, 1.82) is 0 Å². The number of hydrogen-bond donors (Lipinski definition) is 0. The van der Waals surface area contributed by atoms with E-state index in [1.807, 2.05) is 6.92 Å². The first-order chi connectivity index (χ1) is 4.16. The molecular weight excluding hydrogens is 120 g/mol. The number of rotatable bonds is 2. The Morgan fingerprint density at radius 3 is 2.67 bits per heavy atom. The van der Waals surface area contributed by atoms with E-state index in [1.54, 1.807) is 6.92 Å². The lowest BCUT2D eigenvalue weighted by Gasteiger charge is -1.90. The molecule has 0 saturated carbocycles. The van der Waals surface area contributed by atoms with Gasteiger partial charge in [0.15, 0.2) is 0 Å². The first kappa shape index (κ1) is 7.94. The van der Waals surface area contributed by atoms with E-state index in [0.29, 0.717) is 5.71 Å². The topological polar surface area (TPSA) is 62.5 Å². The van der Waals surface area contributed by atoms with E-state index in [0.717, 1.165) is 6.42 Å². The van der Waals surface area contributed by atoms with Crippen LogP contribution in [0.15, 0.2) is 5.16 Å². The standard InChI is InChI=1S/C5H9N2O2/c1-3-4(2)7-9-5(6)8/h6H,3H2,1-2H3. The number of carbonyl (C=O) groups is 1. The van der Waals surface area contributed by atoms with Gasteiger partial charge in [-0.05, 0) is 13.3 Å². The number of amides is 1. The van der Waals surface area contributed by atoms with Crippen molar-refractivity contribution >= 4 is 11.8 Å². The van der Waals surface area contributed by atoms with Crippen LogP contribution in [0.5, 0.6) is 0 Å². The zero-order valence-corrected chi connectivity index (χ0v) is 5.47. The quantitative estimate of drug-likeness (QED) is 0.319. The molecule has 0 bridgehead atoms. The number of nitrogens with zero attached hydrogens (tertiary/aromatic N) is 1. The molecular formula is C5H9N2O2. The van der Waals surface area contributed by atoms with E-state index < -0.39 is 6.09 Å². The van der Waals surface area contributed by atoms with Gasteiger partial charge in [-0.2, -0.15) is 0 Å². The summed E-state index contributed by atoms with van der Waals surface area (Å²) in [6.45, 7) is 3.61. The van der Waals surface area contributed by atoms with Crippen LogP contribution in [0.1, 0.15) is 20.3 Å². The monoisotopic (exact) mass is 129 g/mol. The molecule has 1 amide bonds. The largest absolute Gasteiger partial charge is 0.452 e. The molecule has 0 saturated heterocycles. The fourth-order valence-corrected chi connectivity index (χ4v) is 0.184. The predicted molar refractivity (Wildman–Crippen MR) is 33.0 cm³/mol. The van der Waals surface area contributed by atoms with Gasteiger partial charge in [0, 0.05) is 0 Å². The minimum Gasteiger partial charge on any atom is -0.297 e. The summed E-state index contributed by atoms with van der Waals surface area (Å²) in [5, 5.41) is 3.32. The van der Waals surface area contributed by atoms with Gasteiger partial charge in [0.2, 0.25) is 0 Å². The van der Waals surface area contributed by atoms with Gasteiger partial charge >= 0.3 is 6.09 Å². The zero-order valence-electron chi connectivity index (χ0n) is 5.47. The Balaban J connectivity index is 3.56. The van der Waals surface area contributed by atoms with Gasteiger partial charge in [-0.25, -0.2) is 10.5 Å². The minimum absolute atomic E-state index is 0.704. The average molecular weight is 129 g/mol. The van der Waals surface area contributed by atoms with Crippen molar-refractivity contribution in [2.45, 2.75) is 20.3 Å². The van der Waals surface area contributed by atoms with E-state index in [4.69, 9.17) is 5.73 Å². The first-order valence-electron chi connectivity index (χ1n) is 2.63. The van der Waals surface area contributed by atoms with Crippen molar-refractivity contribution in [1.82, 2.24) is 5.73 Å². The van der Waals surface area contributed by atoms with Gasteiger partial charge in [0.05, 0.1) is 5.71 Å². The Morgan fingerprint density at radius 1 is 1.78 bits per heavy atom. The Labute approximate surface area is 53.7 Å². The van der Waals surface area contributed by atoms with Crippen molar-refractivity contribution in [2.75, 3.05) is 0 Å². The Hall–Kier alpha value is -1.06. The van der Waals surface area contributed by atoms with Gasteiger partial charge in [-0.1, -0.05) is 12.1 Å². The normalized spacial score (nSPS) is 11.1. The second-order valence-electron chi connectivity index (χ2n) is 1.56. The highest BCUT2D eigenvalue weighted by atomic mass is 16.7. The molecule has 0 atom stereocenters. The highest BCUT2D eigenvalue weighted by molar-refractivity contribution is 5.81. The summed E-state index contributed by atoms with van der Waals surface area (Å²) < 4.78 is 0. The van der Waals surface area contributed by atoms with Gasteiger partial charge in [0.25, 0.3) is 0 Å². The molecule has 0 heterocycles. The van der Waals surface area contributed by atoms with Crippen molar-refractivity contribution < 1.29 is 9.63 Å². The number of nitrogens with one attached hydrogen (secondary N) is 1. The number of hydrogen-bond acceptors (Lipinski definition) is 3. The van der Waals surface area contributed by atoms with Crippen LogP contribution in [-0.2, 0) is 4.84 Å². The Kier molecular flexibility index (Phi) is 3.43. The van der Waals surface area contributed by atoms with E-state index in [1.165, 1.54) is 0 Å². The lowest BCUT2D eigenvalue weighted by atomic mass is 10.3. The third-order valence-electron chi connectivity index (χ3n) is 0.796. The summed E-state index contributed by atoms with van der Waals surface area (Å²) >= 11 is 0. The molecule has 1 radical (unpaired) electrons. The Bertz CT molecular complexity index is 131. The van der Waals surface area contributed by atoms with E-state index >= 15 is 0 Å². The molecule has 0 aliphatic heterocycles. The third kappa shape index (κ3) is 4.80. The second kappa shape index (κ2) is 3.88. The highest BCUT2D eigenvalue weighted by Crippen LogP contribution is 1.85. The maximum atomic E-state index is 9.80. The summed E-state index contributed by atoms with van der Waals surface area (Å²) in [6.07, 6.45) is -0.393. The fourth-order valence-electron chi connectivity index (χ4n) is 0.184. The van der Waals surface area contributed by atoms with Crippen molar-refractivity contribution in [2.24, 2.45) is 5.16 Å². The highest BCUT2D eigenvalue weighted by Gasteiger charge is 1.91. The fraction of sp³-hybridized carbons (Fsp3) is 0.600. The molecule has 0 fully saturated rings. The summed E-state index contributed by atoms with van der Waals surface area (Å²) in [6, 6.07) is 0. The second-order valence-corrected chi connectivity index (χ2v) is 1.56. The SMILES string of the molecule is CCC(C)=NOC([NH])=O. The molecule has 4 heteroatoms. The van der Waals surface area contributed by atoms with Gasteiger partial charge in [-0.15, -0.1) is 0 Å². The van der Waals surface area contributed by atoms with Crippen LogP contribution in [0, 0.1) is 0 Å². The average Bonchev–Trinajstić information content (AvgIpc) is 1.83. The summed E-state index contributed by atoms with van der Waals surface area (Å²) in [7, 11) is 0. The van der Waals surface area contributed by atoms with Crippen LogP contribution in [0.25, 0.3) is 0 Å². The summed E-state index contributed by atoms with van der Waals surface area (Å²) in [4.78, 5) is 13.8. The third-order valence-corrected chi connectivity index (χ3v) is 0.796. The van der Waals surface area contributed by atoms with E-state index in [2.05, 4.69) is 9.99 Å². The zero-order chi connectivity index (χ0) is 7.28. The van der Waals surface area contributed by atoms with Crippen LogP contribution in [0.3, 0.4) is 0 Å². The molecule has 51 valence electrons. The lowest BCUT2D eigenvalue weighted by molar-refractivity contribution is 0.159. The van der Waals surface area contributed by atoms with Crippen LogP contribution >= 0.6 is 0 Å². The maximum absolute atomic E-state index is 9.80. The summed E-state index contributed by atoms with van der Waals surface area (Å²) in [5.41, 5.74) is 6.98. The molecule has 0 aliphatic carbocycles. The number of oxime groups is 1. The van der Waals surface area contributed by atoms with E-state index in [-0.39, 0.29) is 0 Å². The summed E-state index contributed by atoms with van der Waals surface area (Å²) in [5.74, 6) is 0. The molecule has 0 aromatic heterocycles. The first-order valence-corrected chi connectivity index (χ1v) is 2.63. The van der Waals surface area contributed by atoms with E-state index in [9.17, 15) is 4.79 Å². The van der Waals surface area contributed by atoms with Crippen LogP contribution in [0.4, 0.5) is 4.79 Å². The van der Waals surface area contributed by atoms with Crippen LogP contribution in [-0.4, -0.2) is 11.8 Å². The van der Waals surface area contributed by atoms with Gasteiger partial charge in [0.1, 0.15) is 0 Å². The maximum Gasteiger partial charge on any atom is 0.452 e. The molecule has 0 spiro atoms. The molecule has 9 heavy (non-hydrogen) atoms. The molecule has 4 nitrogen and oxygen atoms in total. The van der Waals surface area contributed by atoms with Crippen molar-refractivity contribution in [3.05, 3.63) is 0 Å². The Morgan fingerprint density at radius 2 is 2.33 bits per heavy atom. The van der Waals surface area contributed by atoms with Gasteiger partial charge in [-0.3, -0.25) is 4.84 Å². The van der Waals surface area contributed by atoms with Crippen LogP contribution in [0.2, 0.25) is 0 Å². The lowest BCUT2D eigenvalue weighted by Crippen LogP contribution is -1.98. The van der Waals surface area contributed by atoms with Gasteiger partial charge < -0.3 is 0 Å². The van der Waals surface area contributed by atoms with Crippen LogP contribution < -0.4 is 5.73 Å². The smallest absolute Gasteiger partial charge is 0.297 e. The molecule has 0 rings (SSSR count). The number of carbonyl (C=O) groups excluding carboxylic acids is 1. The van der Waals surface area contributed by atoms with Crippen molar-refractivity contribution in [3.63, 3.8) is 0 Å². The molecule has 0 aromatic carbocycles. The molecule has 0 aliphatic rings.